The molecule has 0 bridgehead atoms. The van der Waals surface area contributed by atoms with Gasteiger partial charge in [-0.25, -0.2) is 4.79 Å². The standard InChI is InChI=1S/C13H19N3O3/c1-4-5-10(13(18)19)15-12(17)9-8-14-7-6-11(9)16(2)3/h6-8,10H,4-5H2,1-3H3,(H,15,17)(H,18,19). The topological polar surface area (TPSA) is 82.5 Å². The highest BCUT2D eigenvalue weighted by Gasteiger charge is 2.21. The molecule has 6 heteroatoms. The van der Waals surface area contributed by atoms with Crippen molar-refractivity contribution in [2.75, 3.05) is 19.0 Å². The van der Waals surface area contributed by atoms with Gasteiger partial charge in [0.05, 0.1) is 11.3 Å². The van der Waals surface area contributed by atoms with Crippen molar-refractivity contribution < 1.29 is 14.7 Å². The van der Waals surface area contributed by atoms with Gasteiger partial charge in [-0.2, -0.15) is 0 Å². The van der Waals surface area contributed by atoms with Crippen LogP contribution in [0.5, 0.6) is 0 Å². The van der Waals surface area contributed by atoms with Crippen molar-refractivity contribution in [3.05, 3.63) is 24.0 Å². The van der Waals surface area contributed by atoms with E-state index in [2.05, 4.69) is 10.3 Å². The third-order valence-corrected chi connectivity index (χ3v) is 2.71. The van der Waals surface area contributed by atoms with Crippen molar-refractivity contribution >= 4 is 17.6 Å². The van der Waals surface area contributed by atoms with Gasteiger partial charge >= 0.3 is 5.97 Å². The van der Waals surface area contributed by atoms with Gasteiger partial charge in [-0.3, -0.25) is 9.78 Å². The van der Waals surface area contributed by atoms with Crippen molar-refractivity contribution in [3.8, 4) is 0 Å². The maximum Gasteiger partial charge on any atom is 0.326 e. The Morgan fingerprint density at radius 3 is 2.68 bits per heavy atom. The molecule has 0 fully saturated rings. The molecule has 1 aromatic rings. The number of carboxylic acid groups (broad SMARTS) is 1. The average Bonchev–Trinajstić information content (AvgIpc) is 2.37. The van der Waals surface area contributed by atoms with Crippen LogP contribution in [0.25, 0.3) is 0 Å². The maximum atomic E-state index is 12.1. The van der Waals surface area contributed by atoms with Crippen LogP contribution in [0.2, 0.25) is 0 Å². The smallest absolute Gasteiger partial charge is 0.326 e. The van der Waals surface area contributed by atoms with Crippen LogP contribution in [0.1, 0.15) is 30.1 Å². The van der Waals surface area contributed by atoms with Crippen molar-refractivity contribution in [1.29, 1.82) is 0 Å². The number of aliphatic carboxylic acids is 1. The quantitative estimate of drug-likeness (QED) is 0.805. The average molecular weight is 265 g/mol. The molecule has 0 aromatic carbocycles. The first-order valence-corrected chi connectivity index (χ1v) is 6.12. The molecule has 1 rings (SSSR count). The largest absolute Gasteiger partial charge is 0.480 e. The minimum absolute atomic E-state index is 0.370. The van der Waals surface area contributed by atoms with E-state index in [0.29, 0.717) is 24.1 Å². The number of anilines is 1. The highest BCUT2D eigenvalue weighted by molar-refractivity contribution is 6.01. The van der Waals surface area contributed by atoms with Gasteiger partial charge < -0.3 is 15.3 Å². The summed E-state index contributed by atoms with van der Waals surface area (Å²) in [7, 11) is 3.62. The van der Waals surface area contributed by atoms with Gasteiger partial charge in [0.2, 0.25) is 0 Å². The highest BCUT2D eigenvalue weighted by atomic mass is 16.4. The van der Waals surface area contributed by atoms with Crippen LogP contribution in [-0.2, 0) is 4.79 Å². The molecule has 0 saturated heterocycles. The number of nitrogens with zero attached hydrogens (tertiary/aromatic N) is 2. The van der Waals surface area contributed by atoms with Crippen molar-refractivity contribution in [2.24, 2.45) is 0 Å². The molecule has 1 amide bonds. The number of aromatic nitrogens is 1. The fourth-order valence-electron chi connectivity index (χ4n) is 1.73. The minimum atomic E-state index is -1.02. The van der Waals surface area contributed by atoms with Crippen LogP contribution in [0.4, 0.5) is 5.69 Å². The Bertz CT molecular complexity index is 460. The van der Waals surface area contributed by atoms with Crippen molar-refractivity contribution in [3.63, 3.8) is 0 Å². The molecule has 104 valence electrons. The molecule has 1 aromatic heterocycles. The summed E-state index contributed by atoms with van der Waals surface area (Å²) in [5, 5.41) is 11.6. The van der Waals surface area contributed by atoms with Crippen LogP contribution in [0, 0.1) is 0 Å². The molecule has 19 heavy (non-hydrogen) atoms. The minimum Gasteiger partial charge on any atom is -0.480 e. The van der Waals surface area contributed by atoms with Crippen LogP contribution in [0.15, 0.2) is 18.5 Å². The molecule has 0 saturated carbocycles. The van der Waals surface area contributed by atoms with Crippen molar-refractivity contribution in [2.45, 2.75) is 25.8 Å². The number of hydrogen-bond donors (Lipinski definition) is 2. The maximum absolute atomic E-state index is 12.1. The van der Waals surface area contributed by atoms with Crippen LogP contribution >= 0.6 is 0 Å². The normalized spacial score (nSPS) is 11.7. The molecule has 1 unspecified atom stereocenters. The number of pyridine rings is 1. The molecule has 2 N–H and O–H groups in total. The predicted molar refractivity (Wildman–Crippen MR) is 72.4 cm³/mol. The summed E-state index contributed by atoms with van der Waals surface area (Å²) in [6, 6.07) is 0.845. The first-order chi connectivity index (χ1) is 8.97. The molecule has 1 heterocycles. The van der Waals surface area contributed by atoms with Gasteiger partial charge in [-0.15, -0.1) is 0 Å². The number of carboxylic acids is 1. The summed E-state index contributed by atoms with van der Waals surface area (Å²) >= 11 is 0. The number of carbonyl (C=O) groups excluding carboxylic acids is 1. The van der Waals surface area contributed by atoms with Gasteiger partial charge in [0.1, 0.15) is 6.04 Å². The Labute approximate surface area is 112 Å². The lowest BCUT2D eigenvalue weighted by molar-refractivity contribution is -0.139. The van der Waals surface area contributed by atoms with E-state index in [0.717, 1.165) is 0 Å². The molecule has 0 radical (unpaired) electrons. The monoisotopic (exact) mass is 265 g/mol. The fraction of sp³-hybridized carbons (Fsp3) is 0.462. The Hall–Kier alpha value is -2.11. The zero-order chi connectivity index (χ0) is 14.4. The molecule has 0 aliphatic heterocycles. The van der Waals surface area contributed by atoms with E-state index >= 15 is 0 Å². The SMILES string of the molecule is CCCC(NC(=O)c1cnccc1N(C)C)C(=O)O. The summed E-state index contributed by atoms with van der Waals surface area (Å²) in [5.74, 6) is -1.44. The molecule has 1 atom stereocenters. The fourth-order valence-corrected chi connectivity index (χ4v) is 1.73. The summed E-state index contributed by atoms with van der Waals surface area (Å²) in [4.78, 5) is 28.8. The predicted octanol–water partition coefficient (Wildman–Crippen LogP) is 1.13. The summed E-state index contributed by atoms with van der Waals surface area (Å²) < 4.78 is 0. The molecule has 0 spiro atoms. The number of hydrogen-bond acceptors (Lipinski definition) is 4. The number of amides is 1. The third kappa shape index (κ3) is 3.94. The Morgan fingerprint density at radius 2 is 2.16 bits per heavy atom. The summed E-state index contributed by atoms with van der Waals surface area (Å²) in [6.45, 7) is 1.87. The summed E-state index contributed by atoms with van der Waals surface area (Å²) in [5.41, 5.74) is 1.07. The van der Waals surface area contributed by atoms with Gasteiger partial charge in [0, 0.05) is 26.5 Å². The lowest BCUT2D eigenvalue weighted by Crippen LogP contribution is -2.41. The van der Waals surface area contributed by atoms with Gasteiger partial charge in [-0.1, -0.05) is 13.3 Å². The van der Waals surface area contributed by atoms with E-state index in [-0.39, 0.29) is 0 Å². The number of rotatable bonds is 6. The third-order valence-electron chi connectivity index (χ3n) is 2.71. The zero-order valence-corrected chi connectivity index (χ0v) is 11.4. The van der Waals surface area contributed by atoms with Gasteiger partial charge in [0.15, 0.2) is 0 Å². The molecular weight excluding hydrogens is 246 g/mol. The molecule has 0 aliphatic rings. The van der Waals surface area contributed by atoms with Crippen LogP contribution in [0.3, 0.4) is 0 Å². The molecule has 0 aliphatic carbocycles. The second kappa shape index (κ2) is 6.72. The lowest BCUT2D eigenvalue weighted by Gasteiger charge is -2.18. The van der Waals surface area contributed by atoms with E-state index in [1.807, 2.05) is 21.0 Å². The second-order valence-electron chi connectivity index (χ2n) is 4.44. The zero-order valence-electron chi connectivity index (χ0n) is 11.4. The summed E-state index contributed by atoms with van der Waals surface area (Å²) in [6.07, 6.45) is 4.12. The van der Waals surface area contributed by atoms with Crippen molar-refractivity contribution in [1.82, 2.24) is 10.3 Å². The van der Waals surface area contributed by atoms with E-state index < -0.39 is 17.9 Å². The molecule has 6 nitrogen and oxygen atoms in total. The lowest BCUT2D eigenvalue weighted by atomic mass is 10.1. The van der Waals surface area contributed by atoms with Gasteiger partial charge in [0.25, 0.3) is 5.91 Å². The Kier molecular flexibility index (Phi) is 5.29. The Balaban J connectivity index is 2.91. The van der Waals surface area contributed by atoms with Gasteiger partial charge in [-0.05, 0) is 12.5 Å². The van der Waals surface area contributed by atoms with E-state index in [9.17, 15) is 9.59 Å². The first-order valence-electron chi connectivity index (χ1n) is 6.12. The van der Waals surface area contributed by atoms with E-state index in [1.165, 1.54) is 6.20 Å². The van der Waals surface area contributed by atoms with Crippen LogP contribution < -0.4 is 10.2 Å². The van der Waals surface area contributed by atoms with E-state index in [4.69, 9.17) is 5.11 Å². The highest BCUT2D eigenvalue weighted by Crippen LogP contribution is 2.16. The van der Waals surface area contributed by atoms with Crippen LogP contribution in [-0.4, -0.2) is 42.1 Å². The van der Waals surface area contributed by atoms with E-state index in [1.54, 1.807) is 17.2 Å². The Morgan fingerprint density at radius 1 is 1.47 bits per heavy atom. The number of carbonyl (C=O) groups is 2. The second-order valence-corrected chi connectivity index (χ2v) is 4.44. The number of nitrogens with one attached hydrogen (secondary N) is 1. The molecular formula is C13H19N3O3. The first kappa shape index (κ1) is 14.9.